The number of carbonyl (C=O) groups is 2. The van der Waals surface area contributed by atoms with E-state index in [-0.39, 0.29) is 12.3 Å². The van der Waals surface area contributed by atoms with Gasteiger partial charge in [0.05, 0.1) is 0 Å². The van der Waals surface area contributed by atoms with Crippen LogP contribution in [0.4, 0.5) is 0 Å². The number of hydrogen-bond donors (Lipinski definition) is 2. The summed E-state index contributed by atoms with van der Waals surface area (Å²) in [6.45, 7) is 4.23. The fourth-order valence-electron chi connectivity index (χ4n) is 2.71. The number of hydrogen-bond acceptors (Lipinski definition) is 3. The minimum Gasteiger partial charge on any atom is -0.324 e. The first-order valence-electron chi connectivity index (χ1n) is 8.31. The Labute approximate surface area is 143 Å². The normalized spacial score (nSPS) is 11.8. The SMILES string of the molecule is CCc1ccc(C(N)CC(=O)NC(=O)c2ccccc2)cc1CC. The lowest BCUT2D eigenvalue weighted by molar-refractivity contribution is -0.120. The van der Waals surface area contributed by atoms with Crippen LogP contribution in [0, 0.1) is 0 Å². The number of benzene rings is 2. The van der Waals surface area contributed by atoms with E-state index >= 15 is 0 Å². The van der Waals surface area contributed by atoms with Gasteiger partial charge >= 0.3 is 0 Å². The van der Waals surface area contributed by atoms with Gasteiger partial charge in [-0.25, -0.2) is 0 Å². The Bertz CT molecular complexity index is 711. The zero-order chi connectivity index (χ0) is 17.5. The van der Waals surface area contributed by atoms with E-state index in [1.54, 1.807) is 24.3 Å². The summed E-state index contributed by atoms with van der Waals surface area (Å²) in [7, 11) is 0. The van der Waals surface area contributed by atoms with Crippen molar-refractivity contribution in [3.05, 3.63) is 70.8 Å². The molecule has 2 aromatic rings. The highest BCUT2D eigenvalue weighted by atomic mass is 16.2. The van der Waals surface area contributed by atoms with Gasteiger partial charge in [0.2, 0.25) is 5.91 Å². The average Bonchev–Trinajstić information content (AvgIpc) is 2.61. The Morgan fingerprint density at radius 1 is 1.00 bits per heavy atom. The van der Waals surface area contributed by atoms with Gasteiger partial charge in [0.25, 0.3) is 5.91 Å². The van der Waals surface area contributed by atoms with Gasteiger partial charge in [-0.1, -0.05) is 50.2 Å². The molecule has 0 radical (unpaired) electrons. The van der Waals surface area contributed by atoms with Crippen molar-refractivity contribution in [3.8, 4) is 0 Å². The summed E-state index contributed by atoms with van der Waals surface area (Å²) in [4.78, 5) is 24.1. The monoisotopic (exact) mass is 324 g/mol. The molecular formula is C20H24N2O2. The minimum atomic E-state index is -0.426. The van der Waals surface area contributed by atoms with Crippen LogP contribution in [-0.4, -0.2) is 11.8 Å². The highest BCUT2D eigenvalue weighted by Gasteiger charge is 2.16. The summed E-state index contributed by atoms with van der Waals surface area (Å²) >= 11 is 0. The molecule has 0 heterocycles. The molecule has 1 atom stereocenters. The molecule has 0 bridgehead atoms. The van der Waals surface area contributed by atoms with Crippen LogP contribution >= 0.6 is 0 Å². The first-order chi connectivity index (χ1) is 11.5. The molecule has 0 saturated carbocycles. The van der Waals surface area contributed by atoms with Crippen molar-refractivity contribution in [2.24, 2.45) is 5.73 Å². The van der Waals surface area contributed by atoms with Gasteiger partial charge in [-0.2, -0.15) is 0 Å². The van der Waals surface area contributed by atoms with Crippen molar-refractivity contribution < 1.29 is 9.59 Å². The van der Waals surface area contributed by atoms with Crippen LogP contribution in [0.15, 0.2) is 48.5 Å². The van der Waals surface area contributed by atoms with E-state index in [9.17, 15) is 9.59 Å². The lowest BCUT2D eigenvalue weighted by atomic mass is 9.96. The number of carbonyl (C=O) groups excluding carboxylic acids is 2. The summed E-state index contributed by atoms with van der Waals surface area (Å²) in [5.74, 6) is -0.766. The zero-order valence-electron chi connectivity index (χ0n) is 14.2. The third-order valence-corrected chi connectivity index (χ3v) is 4.11. The van der Waals surface area contributed by atoms with Crippen LogP contribution in [0.25, 0.3) is 0 Å². The van der Waals surface area contributed by atoms with Crippen LogP contribution in [0.2, 0.25) is 0 Å². The maximum absolute atomic E-state index is 12.1. The number of rotatable bonds is 6. The highest BCUT2D eigenvalue weighted by molar-refractivity contribution is 6.04. The van der Waals surface area contributed by atoms with E-state index in [0.29, 0.717) is 5.56 Å². The molecule has 24 heavy (non-hydrogen) atoms. The second-order valence-corrected chi connectivity index (χ2v) is 5.79. The second-order valence-electron chi connectivity index (χ2n) is 5.79. The van der Waals surface area contributed by atoms with Crippen LogP contribution in [0.1, 0.15) is 53.4 Å². The number of amides is 2. The molecule has 0 aliphatic rings. The fourth-order valence-corrected chi connectivity index (χ4v) is 2.71. The van der Waals surface area contributed by atoms with E-state index in [0.717, 1.165) is 18.4 Å². The molecule has 0 aliphatic carbocycles. The molecule has 0 fully saturated rings. The molecule has 0 aliphatic heterocycles. The van der Waals surface area contributed by atoms with Gasteiger partial charge in [-0.3, -0.25) is 14.9 Å². The van der Waals surface area contributed by atoms with Gasteiger partial charge in [-0.05, 0) is 41.7 Å². The van der Waals surface area contributed by atoms with Gasteiger partial charge in [0.15, 0.2) is 0 Å². The quantitative estimate of drug-likeness (QED) is 0.857. The first kappa shape index (κ1) is 17.9. The molecule has 126 valence electrons. The Morgan fingerprint density at radius 2 is 1.67 bits per heavy atom. The lowest BCUT2D eigenvalue weighted by Crippen LogP contribution is -2.32. The molecular weight excluding hydrogens is 300 g/mol. The van der Waals surface area contributed by atoms with E-state index in [4.69, 9.17) is 5.73 Å². The maximum atomic E-state index is 12.1. The summed E-state index contributed by atoms with van der Waals surface area (Å²) < 4.78 is 0. The topological polar surface area (TPSA) is 72.2 Å². The van der Waals surface area contributed by atoms with Crippen molar-refractivity contribution in [1.29, 1.82) is 0 Å². The summed E-state index contributed by atoms with van der Waals surface area (Å²) in [6.07, 6.45) is 1.99. The van der Waals surface area contributed by atoms with Crippen LogP contribution in [-0.2, 0) is 17.6 Å². The lowest BCUT2D eigenvalue weighted by Gasteiger charge is -2.15. The van der Waals surface area contributed by atoms with Crippen molar-refractivity contribution in [1.82, 2.24) is 5.32 Å². The van der Waals surface area contributed by atoms with Crippen LogP contribution in [0.3, 0.4) is 0 Å². The first-order valence-corrected chi connectivity index (χ1v) is 8.31. The van der Waals surface area contributed by atoms with Crippen molar-refractivity contribution in [3.63, 3.8) is 0 Å². The Balaban J connectivity index is 2.00. The van der Waals surface area contributed by atoms with Gasteiger partial charge in [0, 0.05) is 18.0 Å². The maximum Gasteiger partial charge on any atom is 0.257 e. The molecule has 1 unspecified atom stereocenters. The molecule has 0 saturated heterocycles. The summed E-state index contributed by atoms with van der Waals surface area (Å²) in [6, 6.07) is 14.3. The van der Waals surface area contributed by atoms with E-state index in [1.165, 1.54) is 11.1 Å². The molecule has 4 nitrogen and oxygen atoms in total. The highest BCUT2D eigenvalue weighted by Crippen LogP contribution is 2.20. The molecule has 3 N–H and O–H groups in total. The third kappa shape index (κ3) is 4.52. The molecule has 2 amide bonds. The summed E-state index contributed by atoms with van der Waals surface area (Å²) in [5.41, 5.74) is 10.1. The van der Waals surface area contributed by atoms with Crippen LogP contribution in [0.5, 0.6) is 0 Å². The fraction of sp³-hybridized carbons (Fsp3) is 0.300. The van der Waals surface area contributed by atoms with Crippen molar-refractivity contribution in [2.75, 3.05) is 0 Å². The minimum absolute atomic E-state index is 0.0766. The molecule has 2 rings (SSSR count). The predicted octanol–water partition coefficient (Wildman–Crippen LogP) is 3.16. The largest absolute Gasteiger partial charge is 0.324 e. The molecule has 4 heteroatoms. The second kappa shape index (κ2) is 8.41. The number of nitrogens with one attached hydrogen (secondary N) is 1. The summed E-state index contributed by atoms with van der Waals surface area (Å²) in [5, 5.41) is 2.39. The van der Waals surface area contributed by atoms with E-state index in [2.05, 4.69) is 31.3 Å². The number of nitrogens with two attached hydrogens (primary N) is 1. The number of aryl methyl sites for hydroxylation is 2. The van der Waals surface area contributed by atoms with Crippen molar-refractivity contribution >= 4 is 11.8 Å². The van der Waals surface area contributed by atoms with E-state index < -0.39 is 11.9 Å². The smallest absolute Gasteiger partial charge is 0.257 e. The van der Waals surface area contributed by atoms with Crippen LogP contribution < -0.4 is 11.1 Å². The predicted molar refractivity (Wildman–Crippen MR) is 95.7 cm³/mol. The third-order valence-electron chi connectivity index (χ3n) is 4.11. The average molecular weight is 324 g/mol. The standard InChI is InChI=1S/C20H24N2O2/c1-3-14-10-11-17(12-15(14)4-2)18(21)13-19(23)22-20(24)16-8-6-5-7-9-16/h5-12,18H,3-4,13,21H2,1-2H3,(H,22,23,24). The molecule has 0 aromatic heterocycles. The van der Waals surface area contributed by atoms with E-state index in [1.807, 2.05) is 12.1 Å². The van der Waals surface area contributed by atoms with Gasteiger partial charge in [-0.15, -0.1) is 0 Å². The van der Waals surface area contributed by atoms with Gasteiger partial charge in [0.1, 0.15) is 0 Å². The number of imide groups is 1. The molecule has 2 aromatic carbocycles. The van der Waals surface area contributed by atoms with Crippen molar-refractivity contribution in [2.45, 2.75) is 39.2 Å². The Hall–Kier alpha value is -2.46. The Morgan fingerprint density at radius 3 is 2.29 bits per heavy atom. The van der Waals surface area contributed by atoms with Gasteiger partial charge < -0.3 is 5.73 Å². The Kier molecular flexibility index (Phi) is 6.27. The molecule has 0 spiro atoms. The zero-order valence-corrected chi connectivity index (χ0v) is 14.2.